The molecule has 0 spiro atoms. The largest absolute Gasteiger partial charge is 0.330 e. The van der Waals surface area contributed by atoms with Crippen LogP contribution in [0.25, 0.3) is 0 Å². The molecule has 78 valence electrons. The van der Waals surface area contributed by atoms with E-state index in [9.17, 15) is 0 Å². The van der Waals surface area contributed by atoms with Crippen LogP contribution in [0.4, 0.5) is 0 Å². The molecular formula is C10H22N2S. The van der Waals surface area contributed by atoms with Crippen LogP contribution in [0.1, 0.15) is 26.7 Å². The molecule has 2 N–H and O–H groups in total. The molecule has 1 aliphatic rings. The molecule has 2 atom stereocenters. The predicted octanol–water partition coefficient (Wildman–Crippen LogP) is 1.55. The number of thioether (sulfide) groups is 1. The van der Waals surface area contributed by atoms with Gasteiger partial charge in [-0.25, -0.2) is 0 Å². The maximum atomic E-state index is 5.57. The van der Waals surface area contributed by atoms with Gasteiger partial charge in [-0.3, -0.25) is 4.90 Å². The van der Waals surface area contributed by atoms with Gasteiger partial charge in [-0.1, -0.05) is 6.92 Å². The fourth-order valence-corrected chi connectivity index (χ4v) is 3.02. The van der Waals surface area contributed by atoms with Crippen molar-refractivity contribution >= 4 is 11.8 Å². The second kappa shape index (κ2) is 5.89. The van der Waals surface area contributed by atoms with Gasteiger partial charge in [0.1, 0.15) is 0 Å². The smallest absolute Gasteiger partial charge is 0.0172 e. The Labute approximate surface area is 86.2 Å². The van der Waals surface area contributed by atoms with Crippen molar-refractivity contribution in [3.05, 3.63) is 0 Å². The van der Waals surface area contributed by atoms with Crippen molar-refractivity contribution in [3.8, 4) is 0 Å². The SMILES string of the molecule is CCC1CN(C(C)CCN)CCS1. The van der Waals surface area contributed by atoms with Crippen molar-refractivity contribution in [1.82, 2.24) is 4.90 Å². The molecule has 1 fully saturated rings. The lowest BCUT2D eigenvalue weighted by atomic mass is 10.2. The van der Waals surface area contributed by atoms with Crippen LogP contribution in [0.15, 0.2) is 0 Å². The highest BCUT2D eigenvalue weighted by Gasteiger charge is 2.21. The lowest BCUT2D eigenvalue weighted by Crippen LogP contribution is -2.43. The monoisotopic (exact) mass is 202 g/mol. The zero-order chi connectivity index (χ0) is 9.68. The van der Waals surface area contributed by atoms with E-state index in [0.29, 0.717) is 6.04 Å². The number of rotatable bonds is 4. The van der Waals surface area contributed by atoms with Gasteiger partial charge in [0, 0.05) is 30.1 Å². The second-order valence-electron chi connectivity index (χ2n) is 3.82. The predicted molar refractivity (Wildman–Crippen MR) is 61.2 cm³/mol. The van der Waals surface area contributed by atoms with Crippen molar-refractivity contribution in [2.24, 2.45) is 5.73 Å². The Bertz CT molecular complexity index is 141. The molecule has 0 aromatic carbocycles. The average molecular weight is 202 g/mol. The van der Waals surface area contributed by atoms with Gasteiger partial charge in [-0.15, -0.1) is 0 Å². The molecule has 0 amide bonds. The van der Waals surface area contributed by atoms with Gasteiger partial charge in [0.15, 0.2) is 0 Å². The van der Waals surface area contributed by atoms with Crippen LogP contribution in [0.2, 0.25) is 0 Å². The van der Waals surface area contributed by atoms with Crippen LogP contribution in [0.5, 0.6) is 0 Å². The highest BCUT2D eigenvalue weighted by Crippen LogP contribution is 2.22. The zero-order valence-electron chi connectivity index (χ0n) is 8.83. The maximum Gasteiger partial charge on any atom is 0.0172 e. The van der Waals surface area contributed by atoms with Crippen molar-refractivity contribution < 1.29 is 0 Å². The number of nitrogens with zero attached hydrogens (tertiary/aromatic N) is 1. The van der Waals surface area contributed by atoms with Crippen LogP contribution < -0.4 is 5.73 Å². The number of hydrogen-bond acceptors (Lipinski definition) is 3. The maximum absolute atomic E-state index is 5.57. The average Bonchev–Trinajstić information content (AvgIpc) is 2.18. The molecule has 0 aromatic rings. The Morgan fingerprint density at radius 1 is 1.62 bits per heavy atom. The first-order chi connectivity index (χ1) is 6.27. The summed E-state index contributed by atoms with van der Waals surface area (Å²) < 4.78 is 0. The van der Waals surface area contributed by atoms with Crippen LogP contribution in [0.3, 0.4) is 0 Å². The first kappa shape index (κ1) is 11.3. The summed E-state index contributed by atoms with van der Waals surface area (Å²) in [7, 11) is 0. The second-order valence-corrected chi connectivity index (χ2v) is 5.23. The molecule has 13 heavy (non-hydrogen) atoms. The fraction of sp³-hybridized carbons (Fsp3) is 1.00. The minimum absolute atomic E-state index is 0.681. The molecule has 2 nitrogen and oxygen atoms in total. The molecule has 0 bridgehead atoms. The van der Waals surface area contributed by atoms with E-state index in [2.05, 4.69) is 30.5 Å². The summed E-state index contributed by atoms with van der Waals surface area (Å²) in [6.07, 6.45) is 2.44. The summed E-state index contributed by atoms with van der Waals surface area (Å²) in [5.41, 5.74) is 5.57. The Hall–Kier alpha value is 0.270. The minimum atomic E-state index is 0.681. The normalized spacial score (nSPS) is 27.5. The van der Waals surface area contributed by atoms with Crippen LogP contribution in [-0.4, -0.2) is 41.6 Å². The number of hydrogen-bond donors (Lipinski definition) is 1. The van der Waals surface area contributed by atoms with E-state index >= 15 is 0 Å². The quantitative estimate of drug-likeness (QED) is 0.750. The first-order valence-electron chi connectivity index (χ1n) is 5.33. The lowest BCUT2D eigenvalue weighted by Gasteiger charge is -2.36. The minimum Gasteiger partial charge on any atom is -0.330 e. The topological polar surface area (TPSA) is 29.3 Å². The van der Waals surface area contributed by atoms with Crippen LogP contribution >= 0.6 is 11.8 Å². The Balaban J connectivity index is 2.32. The third-order valence-corrected chi connectivity index (χ3v) is 4.21. The lowest BCUT2D eigenvalue weighted by molar-refractivity contribution is 0.207. The van der Waals surface area contributed by atoms with Gasteiger partial charge in [-0.2, -0.15) is 11.8 Å². The van der Waals surface area contributed by atoms with Gasteiger partial charge < -0.3 is 5.73 Å². The Morgan fingerprint density at radius 2 is 2.38 bits per heavy atom. The van der Waals surface area contributed by atoms with Crippen molar-refractivity contribution in [2.75, 3.05) is 25.4 Å². The summed E-state index contributed by atoms with van der Waals surface area (Å²) in [6.45, 7) is 7.93. The zero-order valence-corrected chi connectivity index (χ0v) is 9.65. The van der Waals surface area contributed by atoms with Gasteiger partial charge in [-0.05, 0) is 26.3 Å². The summed E-state index contributed by atoms with van der Waals surface area (Å²) in [4.78, 5) is 2.59. The Kier molecular flexibility index (Phi) is 5.14. The third kappa shape index (κ3) is 3.49. The summed E-state index contributed by atoms with van der Waals surface area (Å²) in [5, 5.41) is 0.856. The molecule has 1 aliphatic heterocycles. The molecule has 3 heteroatoms. The molecule has 0 aromatic heterocycles. The van der Waals surface area contributed by atoms with Gasteiger partial charge >= 0.3 is 0 Å². The molecule has 1 saturated heterocycles. The standard InChI is InChI=1S/C10H22N2S/c1-3-10-8-12(6-7-13-10)9(2)4-5-11/h9-10H,3-8,11H2,1-2H3. The van der Waals surface area contributed by atoms with E-state index in [1.54, 1.807) is 0 Å². The van der Waals surface area contributed by atoms with Crippen molar-refractivity contribution in [2.45, 2.75) is 38.0 Å². The fourth-order valence-electron chi connectivity index (χ4n) is 1.81. The van der Waals surface area contributed by atoms with Crippen molar-refractivity contribution in [3.63, 3.8) is 0 Å². The van der Waals surface area contributed by atoms with E-state index in [1.165, 1.54) is 25.3 Å². The van der Waals surface area contributed by atoms with E-state index in [-0.39, 0.29) is 0 Å². The highest BCUT2D eigenvalue weighted by molar-refractivity contribution is 8.00. The summed E-state index contributed by atoms with van der Waals surface area (Å²) >= 11 is 2.13. The van der Waals surface area contributed by atoms with Gasteiger partial charge in [0.2, 0.25) is 0 Å². The first-order valence-corrected chi connectivity index (χ1v) is 6.38. The van der Waals surface area contributed by atoms with Crippen LogP contribution in [-0.2, 0) is 0 Å². The summed E-state index contributed by atoms with van der Waals surface area (Å²) in [6, 6.07) is 0.681. The van der Waals surface area contributed by atoms with E-state index < -0.39 is 0 Å². The van der Waals surface area contributed by atoms with Gasteiger partial charge in [0.25, 0.3) is 0 Å². The molecule has 1 heterocycles. The molecule has 1 rings (SSSR count). The summed E-state index contributed by atoms with van der Waals surface area (Å²) in [5.74, 6) is 1.30. The van der Waals surface area contributed by atoms with E-state index in [0.717, 1.165) is 18.2 Å². The molecule has 0 radical (unpaired) electrons. The number of nitrogens with two attached hydrogens (primary N) is 1. The van der Waals surface area contributed by atoms with Crippen LogP contribution in [0, 0.1) is 0 Å². The van der Waals surface area contributed by atoms with Crippen molar-refractivity contribution in [1.29, 1.82) is 0 Å². The van der Waals surface area contributed by atoms with E-state index in [4.69, 9.17) is 5.73 Å². The third-order valence-electron chi connectivity index (χ3n) is 2.83. The molecule has 0 aliphatic carbocycles. The molecule has 2 unspecified atom stereocenters. The Morgan fingerprint density at radius 3 is 3.00 bits per heavy atom. The highest BCUT2D eigenvalue weighted by atomic mass is 32.2. The van der Waals surface area contributed by atoms with E-state index in [1.807, 2.05) is 0 Å². The van der Waals surface area contributed by atoms with Gasteiger partial charge in [0.05, 0.1) is 0 Å². The molecular weight excluding hydrogens is 180 g/mol. The molecule has 0 saturated carbocycles.